The molecule has 0 spiro atoms. The van der Waals surface area contributed by atoms with Gasteiger partial charge in [-0.05, 0) is 69.2 Å². The number of nitrogens with zero attached hydrogens (tertiary/aromatic N) is 1. The number of carbonyl (C=O) groups excluding carboxylic acids is 3. The monoisotopic (exact) mass is 439 g/mol. The minimum atomic E-state index is -1.17. The molecule has 7 nitrogen and oxygen atoms in total. The molecule has 0 saturated heterocycles. The van der Waals surface area contributed by atoms with Gasteiger partial charge in [-0.15, -0.1) is 0 Å². The van der Waals surface area contributed by atoms with Crippen molar-refractivity contribution in [2.24, 2.45) is 0 Å². The van der Waals surface area contributed by atoms with Gasteiger partial charge in [-0.25, -0.2) is 4.39 Å². The third-order valence-corrected chi connectivity index (χ3v) is 5.76. The van der Waals surface area contributed by atoms with Gasteiger partial charge in [0.05, 0.1) is 5.69 Å². The molecular weight excluding hydrogens is 413 g/mol. The van der Waals surface area contributed by atoms with Gasteiger partial charge in [-0.3, -0.25) is 19.3 Å². The van der Waals surface area contributed by atoms with E-state index in [9.17, 15) is 18.8 Å². The highest BCUT2D eigenvalue weighted by Gasteiger charge is 2.42. The van der Waals surface area contributed by atoms with E-state index in [-0.39, 0.29) is 18.5 Å². The van der Waals surface area contributed by atoms with Crippen LogP contribution in [0.25, 0.3) is 0 Å². The summed E-state index contributed by atoms with van der Waals surface area (Å²) in [7, 11) is 0. The zero-order valence-corrected chi connectivity index (χ0v) is 18.1. The van der Waals surface area contributed by atoms with Gasteiger partial charge >= 0.3 is 0 Å². The maximum absolute atomic E-state index is 13.1. The molecule has 1 fully saturated rings. The summed E-state index contributed by atoms with van der Waals surface area (Å²) in [6.45, 7) is 2.98. The largest absolute Gasteiger partial charge is 0.476 e. The van der Waals surface area contributed by atoms with Crippen LogP contribution < -0.4 is 20.3 Å². The molecule has 2 aromatic carbocycles. The molecule has 1 aliphatic heterocycles. The summed E-state index contributed by atoms with van der Waals surface area (Å²) in [6.07, 6.45) is 4.12. The number of halogens is 1. The predicted octanol–water partition coefficient (Wildman–Crippen LogP) is 3.64. The number of carbonyl (C=O) groups is 3. The highest BCUT2D eigenvalue weighted by molar-refractivity contribution is 6.08. The Morgan fingerprint density at radius 1 is 1.12 bits per heavy atom. The molecule has 0 bridgehead atoms. The molecule has 1 heterocycles. The first-order chi connectivity index (χ1) is 15.2. The Labute approximate surface area is 185 Å². The Morgan fingerprint density at radius 2 is 1.81 bits per heavy atom. The smallest absolute Gasteiger partial charge is 0.271 e. The van der Waals surface area contributed by atoms with Crippen LogP contribution in [0.15, 0.2) is 42.5 Å². The zero-order chi connectivity index (χ0) is 22.9. The quantitative estimate of drug-likeness (QED) is 0.745. The molecule has 168 valence electrons. The van der Waals surface area contributed by atoms with Gasteiger partial charge < -0.3 is 15.4 Å². The van der Waals surface area contributed by atoms with E-state index < -0.39 is 23.2 Å². The first kappa shape index (κ1) is 21.8. The van der Waals surface area contributed by atoms with Crippen LogP contribution in [-0.4, -0.2) is 35.9 Å². The molecule has 0 radical (unpaired) electrons. The fourth-order valence-corrected chi connectivity index (χ4v) is 4.08. The second-order valence-electron chi connectivity index (χ2n) is 8.70. The molecule has 2 aromatic rings. The van der Waals surface area contributed by atoms with Crippen molar-refractivity contribution < 1.29 is 23.5 Å². The lowest BCUT2D eigenvalue weighted by Crippen LogP contribution is -2.54. The number of hydrogen-bond donors (Lipinski definition) is 2. The first-order valence-electron chi connectivity index (χ1n) is 10.7. The van der Waals surface area contributed by atoms with Gasteiger partial charge in [0.25, 0.3) is 11.8 Å². The molecule has 3 amide bonds. The lowest BCUT2D eigenvalue weighted by Gasteiger charge is -2.38. The minimum Gasteiger partial charge on any atom is -0.476 e. The summed E-state index contributed by atoms with van der Waals surface area (Å²) < 4.78 is 19.0. The van der Waals surface area contributed by atoms with Gasteiger partial charge in [-0.1, -0.05) is 12.8 Å². The van der Waals surface area contributed by atoms with Gasteiger partial charge in [0.15, 0.2) is 5.60 Å². The number of benzene rings is 2. The lowest BCUT2D eigenvalue weighted by molar-refractivity contribution is -0.133. The fourth-order valence-electron chi connectivity index (χ4n) is 4.08. The van der Waals surface area contributed by atoms with E-state index in [4.69, 9.17) is 4.74 Å². The van der Waals surface area contributed by atoms with Crippen LogP contribution >= 0.6 is 0 Å². The molecule has 2 N–H and O–H groups in total. The number of hydrogen-bond acceptors (Lipinski definition) is 4. The van der Waals surface area contributed by atoms with Crippen LogP contribution in [-0.2, 0) is 9.59 Å². The molecular formula is C24H26FN3O4. The van der Waals surface area contributed by atoms with E-state index in [2.05, 4.69) is 10.6 Å². The summed E-state index contributed by atoms with van der Waals surface area (Å²) in [5.41, 5.74) is 0.0104. The summed E-state index contributed by atoms with van der Waals surface area (Å²) >= 11 is 0. The first-order valence-corrected chi connectivity index (χ1v) is 10.7. The predicted molar refractivity (Wildman–Crippen MR) is 118 cm³/mol. The number of rotatable bonds is 5. The van der Waals surface area contributed by atoms with Crippen molar-refractivity contribution in [3.05, 3.63) is 53.8 Å². The Morgan fingerprint density at radius 3 is 2.50 bits per heavy atom. The van der Waals surface area contributed by atoms with Crippen molar-refractivity contribution in [3.63, 3.8) is 0 Å². The second kappa shape index (κ2) is 8.61. The molecule has 2 aliphatic rings. The summed E-state index contributed by atoms with van der Waals surface area (Å²) in [5, 5.41) is 5.69. The normalized spacial score (nSPS) is 17.5. The standard InChI is InChI=1S/C24H26FN3O4/c1-24(2)23(31)28(14-21(29)26-18-10-8-16(25)9-11-18)19-13-15(7-12-20(19)32-24)22(30)27-17-5-3-4-6-17/h7-13,17H,3-6,14H2,1-2H3,(H,26,29)(H,27,30). The van der Waals surface area contributed by atoms with E-state index in [0.717, 1.165) is 25.7 Å². The van der Waals surface area contributed by atoms with Crippen molar-refractivity contribution in [2.75, 3.05) is 16.8 Å². The minimum absolute atomic E-state index is 0.160. The van der Waals surface area contributed by atoms with Crippen LogP contribution in [0.3, 0.4) is 0 Å². The van der Waals surface area contributed by atoms with Crippen molar-refractivity contribution in [2.45, 2.75) is 51.2 Å². The molecule has 1 saturated carbocycles. The maximum Gasteiger partial charge on any atom is 0.271 e. The molecule has 4 rings (SSSR count). The Kier molecular flexibility index (Phi) is 5.86. The van der Waals surface area contributed by atoms with Crippen molar-refractivity contribution >= 4 is 29.1 Å². The van der Waals surface area contributed by atoms with Gasteiger partial charge in [-0.2, -0.15) is 0 Å². The highest BCUT2D eigenvalue weighted by atomic mass is 19.1. The highest BCUT2D eigenvalue weighted by Crippen LogP contribution is 2.38. The maximum atomic E-state index is 13.1. The second-order valence-corrected chi connectivity index (χ2v) is 8.70. The van der Waals surface area contributed by atoms with E-state index >= 15 is 0 Å². The van der Waals surface area contributed by atoms with Crippen LogP contribution in [0.1, 0.15) is 49.9 Å². The van der Waals surface area contributed by atoms with Crippen LogP contribution in [0.2, 0.25) is 0 Å². The number of fused-ring (bicyclic) bond motifs is 1. The summed E-state index contributed by atoms with van der Waals surface area (Å²) in [6, 6.07) is 10.4. The van der Waals surface area contributed by atoms with Crippen molar-refractivity contribution in [1.29, 1.82) is 0 Å². The van der Waals surface area contributed by atoms with Gasteiger partial charge in [0.2, 0.25) is 5.91 Å². The number of amides is 3. The fraction of sp³-hybridized carbons (Fsp3) is 0.375. The van der Waals surface area contributed by atoms with Crippen LogP contribution in [0, 0.1) is 5.82 Å². The zero-order valence-electron chi connectivity index (χ0n) is 18.1. The number of nitrogens with one attached hydrogen (secondary N) is 2. The summed E-state index contributed by atoms with van der Waals surface area (Å²) in [5.74, 6) is -1.05. The van der Waals surface area contributed by atoms with E-state index in [1.807, 2.05) is 0 Å². The van der Waals surface area contributed by atoms with Crippen molar-refractivity contribution in [3.8, 4) is 5.75 Å². The van der Waals surface area contributed by atoms with Crippen molar-refractivity contribution in [1.82, 2.24) is 5.32 Å². The number of ether oxygens (including phenoxy) is 1. The Hall–Kier alpha value is -3.42. The Balaban J connectivity index is 1.57. The molecule has 0 aromatic heterocycles. The van der Waals surface area contributed by atoms with E-state index in [1.54, 1.807) is 32.0 Å². The molecule has 0 atom stereocenters. The topological polar surface area (TPSA) is 87.7 Å². The Bertz CT molecular complexity index is 1050. The summed E-state index contributed by atoms with van der Waals surface area (Å²) in [4.78, 5) is 39.8. The third kappa shape index (κ3) is 4.59. The molecule has 32 heavy (non-hydrogen) atoms. The molecule has 1 aliphatic carbocycles. The number of anilines is 2. The average molecular weight is 439 g/mol. The SMILES string of the molecule is CC1(C)Oc2ccc(C(=O)NC3CCCC3)cc2N(CC(=O)Nc2ccc(F)cc2)C1=O. The van der Waals surface area contributed by atoms with Crippen LogP contribution in [0.4, 0.5) is 15.8 Å². The molecule has 0 unspecified atom stereocenters. The van der Waals surface area contributed by atoms with Gasteiger partial charge in [0.1, 0.15) is 18.1 Å². The van der Waals surface area contributed by atoms with E-state index in [1.165, 1.54) is 29.2 Å². The lowest BCUT2D eigenvalue weighted by atomic mass is 10.0. The van der Waals surface area contributed by atoms with E-state index in [0.29, 0.717) is 22.7 Å². The third-order valence-electron chi connectivity index (χ3n) is 5.76. The van der Waals surface area contributed by atoms with Crippen LogP contribution in [0.5, 0.6) is 5.75 Å². The average Bonchev–Trinajstić information content (AvgIpc) is 3.25. The van der Waals surface area contributed by atoms with Gasteiger partial charge in [0, 0.05) is 17.3 Å². The molecule has 8 heteroatoms.